The molecule has 7 heteroatoms. The Morgan fingerprint density at radius 3 is 2.80 bits per heavy atom. The number of carboxylic acid groups (broad SMARTS) is 1. The Balaban J connectivity index is 2.21. The fraction of sp³-hybridized carbons (Fsp3) is 0.385. The van der Waals surface area contributed by atoms with Gasteiger partial charge in [0.1, 0.15) is 5.75 Å². The van der Waals surface area contributed by atoms with Crippen LogP contribution in [-0.2, 0) is 22.6 Å². The molecule has 0 aliphatic carbocycles. The molecule has 0 saturated heterocycles. The van der Waals surface area contributed by atoms with Gasteiger partial charge in [0.05, 0.1) is 19.7 Å². The van der Waals surface area contributed by atoms with Crippen molar-refractivity contribution < 1.29 is 19.4 Å². The molecule has 6 nitrogen and oxygen atoms in total. The average Bonchev–Trinajstić information content (AvgIpc) is 2.74. The van der Waals surface area contributed by atoms with E-state index < -0.39 is 11.9 Å². The minimum Gasteiger partial charge on any atom is -0.493 e. The Morgan fingerprint density at radius 1 is 1.40 bits per heavy atom. The molecule has 2 rings (SSSR count). The van der Waals surface area contributed by atoms with Crippen molar-refractivity contribution >= 4 is 27.8 Å². The van der Waals surface area contributed by atoms with Crippen molar-refractivity contribution in [2.45, 2.75) is 13.0 Å². The predicted octanol–water partition coefficient (Wildman–Crippen LogP) is 0.756. The zero-order chi connectivity index (χ0) is 14.7. The SMILES string of the molecule is NC(=O)CN(CC(=O)O)Cc1cc(Br)cc2c1OCC2. The van der Waals surface area contributed by atoms with Gasteiger partial charge in [-0.05, 0) is 17.7 Å². The van der Waals surface area contributed by atoms with Crippen molar-refractivity contribution in [1.29, 1.82) is 0 Å². The number of nitrogens with two attached hydrogens (primary N) is 1. The zero-order valence-corrected chi connectivity index (χ0v) is 12.4. The van der Waals surface area contributed by atoms with Crippen LogP contribution in [0.4, 0.5) is 0 Å². The first kappa shape index (κ1) is 14.8. The number of primary amides is 1. The number of rotatable bonds is 6. The van der Waals surface area contributed by atoms with Crippen LogP contribution in [0.5, 0.6) is 5.75 Å². The molecule has 0 atom stereocenters. The van der Waals surface area contributed by atoms with Crippen LogP contribution >= 0.6 is 15.9 Å². The largest absolute Gasteiger partial charge is 0.493 e. The van der Waals surface area contributed by atoms with Gasteiger partial charge < -0.3 is 15.6 Å². The summed E-state index contributed by atoms with van der Waals surface area (Å²) in [5, 5.41) is 8.89. The topological polar surface area (TPSA) is 92.9 Å². The van der Waals surface area contributed by atoms with E-state index in [-0.39, 0.29) is 13.1 Å². The maximum absolute atomic E-state index is 11.0. The number of hydrogen-bond donors (Lipinski definition) is 2. The van der Waals surface area contributed by atoms with Gasteiger partial charge in [-0.1, -0.05) is 15.9 Å². The average molecular weight is 343 g/mol. The fourth-order valence-corrected chi connectivity index (χ4v) is 2.84. The van der Waals surface area contributed by atoms with E-state index >= 15 is 0 Å². The standard InChI is InChI=1S/C13H15BrN2O4/c14-10-3-8-1-2-20-13(8)9(4-10)5-16(6-11(15)17)7-12(18)19/h3-4H,1-2,5-7H2,(H2,15,17)(H,18,19). The Labute approximate surface area is 124 Å². The van der Waals surface area contributed by atoms with Gasteiger partial charge in [0, 0.05) is 23.0 Å². The van der Waals surface area contributed by atoms with E-state index in [9.17, 15) is 9.59 Å². The molecule has 20 heavy (non-hydrogen) atoms. The number of carbonyl (C=O) groups excluding carboxylic acids is 1. The van der Waals surface area contributed by atoms with Gasteiger partial charge in [0.25, 0.3) is 0 Å². The van der Waals surface area contributed by atoms with E-state index in [0.717, 1.165) is 27.8 Å². The molecule has 0 spiro atoms. The van der Waals surface area contributed by atoms with Crippen LogP contribution in [0.3, 0.4) is 0 Å². The molecule has 1 heterocycles. The van der Waals surface area contributed by atoms with Gasteiger partial charge >= 0.3 is 5.97 Å². The van der Waals surface area contributed by atoms with E-state index in [4.69, 9.17) is 15.6 Å². The second-order valence-corrected chi connectivity index (χ2v) is 5.57. The number of hydrogen-bond acceptors (Lipinski definition) is 4. The van der Waals surface area contributed by atoms with Crippen molar-refractivity contribution in [2.75, 3.05) is 19.7 Å². The van der Waals surface area contributed by atoms with Crippen LogP contribution in [-0.4, -0.2) is 41.6 Å². The Kier molecular flexibility index (Phi) is 4.61. The van der Waals surface area contributed by atoms with Crippen LogP contribution in [0, 0.1) is 0 Å². The third-order valence-corrected chi connectivity index (χ3v) is 3.42. The minimum absolute atomic E-state index is 0.104. The second-order valence-electron chi connectivity index (χ2n) is 4.66. The molecule has 0 aromatic heterocycles. The lowest BCUT2D eigenvalue weighted by Gasteiger charge is -2.20. The molecule has 1 aliphatic heterocycles. The van der Waals surface area contributed by atoms with Crippen LogP contribution in [0.15, 0.2) is 16.6 Å². The summed E-state index contributed by atoms with van der Waals surface area (Å²) < 4.78 is 6.49. The number of carboxylic acids is 1. The van der Waals surface area contributed by atoms with E-state index in [2.05, 4.69) is 15.9 Å². The summed E-state index contributed by atoms with van der Waals surface area (Å²) in [6.45, 7) is 0.572. The highest BCUT2D eigenvalue weighted by atomic mass is 79.9. The Hall–Kier alpha value is -1.60. The number of halogens is 1. The lowest BCUT2D eigenvalue weighted by atomic mass is 10.1. The molecular formula is C13H15BrN2O4. The van der Waals surface area contributed by atoms with E-state index in [0.29, 0.717) is 13.2 Å². The molecule has 1 aromatic rings. The lowest BCUT2D eigenvalue weighted by molar-refractivity contribution is -0.138. The van der Waals surface area contributed by atoms with Crippen LogP contribution in [0.2, 0.25) is 0 Å². The summed E-state index contributed by atoms with van der Waals surface area (Å²) in [7, 11) is 0. The number of ether oxygens (including phenoxy) is 1. The number of fused-ring (bicyclic) bond motifs is 1. The molecule has 0 radical (unpaired) electrons. The molecule has 1 aromatic carbocycles. The monoisotopic (exact) mass is 342 g/mol. The molecule has 0 unspecified atom stereocenters. The first-order valence-corrected chi connectivity index (χ1v) is 6.91. The molecule has 0 fully saturated rings. The first-order valence-electron chi connectivity index (χ1n) is 6.12. The number of aliphatic carboxylic acids is 1. The molecule has 108 valence electrons. The summed E-state index contributed by atoms with van der Waals surface area (Å²) >= 11 is 3.43. The predicted molar refractivity (Wildman–Crippen MR) is 75.4 cm³/mol. The third kappa shape index (κ3) is 3.71. The van der Waals surface area contributed by atoms with E-state index in [1.165, 1.54) is 4.90 Å². The van der Waals surface area contributed by atoms with Crippen LogP contribution in [0.25, 0.3) is 0 Å². The highest BCUT2D eigenvalue weighted by Gasteiger charge is 2.21. The van der Waals surface area contributed by atoms with E-state index in [1.54, 1.807) is 0 Å². The van der Waals surface area contributed by atoms with Gasteiger partial charge in [-0.15, -0.1) is 0 Å². The quantitative estimate of drug-likeness (QED) is 0.795. The van der Waals surface area contributed by atoms with Crippen LogP contribution in [0.1, 0.15) is 11.1 Å². The van der Waals surface area contributed by atoms with Gasteiger partial charge in [-0.25, -0.2) is 0 Å². The maximum atomic E-state index is 11.0. The normalized spacial score (nSPS) is 13.1. The number of carbonyl (C=O) groups is 2. The second kappa shape index (κ2) is 6.23. The van der Waals surface area contributed by atoms with Crippen molar-refractivity contribution in [3.8, 4) is 5.75 Å². The smallest absolute Gasteiger partial charge is 0.317 e. The van der Waals surface area contributed by atoms with Gasteiger partial charge in [0.2, 0.25) is 5.91 Å². The molecule has 0 bridgehead atoms. The highest BCUT2D eigenvalue weighted by molar-refractivity contribution is 9.10. The van der Waals surface area contributed by atoms with Gasteiger partial charge in [-0.3, -0.25) is 14.5 Å². The number of benzene rings is 1. The third-order valence-electron chi connectivity index (χ3n) is 2.96. The molecular weight excluding hydrogens is 328 g/mol. The van der Waals surface area contributed by atoms with Crippen LogP contribution < -0.4 is 10.5 Å². The van der Waals surface area contributed by atoms with Gasteiger partial charge in [0.15, 0.2) is 0 Å². The number of nitrogens with zero attached hydrogens (tertiary/aromatic N) is 1. The maximum Gasteiger partial charge on any atom is 0.317 e. The first-order chi connectivity index (χ1) is 9.45. The van der Waals surface area contributed by atoms with Crippen molar-refractivity contribution in [2.24, 2.45) is 5.73 Å². The summed E-state index contributed by atoms with van der Waals surface area (Å²) in [4.78, 5) is 23.4. The molecule has 3 N–H and O–H groups in total. The summed E-state index contributed by atoms with van der Waals surface area (Å²) in [5.41, 5.74) is 7.09. The minimum atomic E-state index is -1.00. The van der Waals surface area contributed by atoms with E-state index in [1.807, 2.05) is 12.1 Å². The Morgan fingerprint density at radius 2 is 2.15 bits per heavy atom. The molecule has 0 saturated carbocycles. The zero-order valence-electron chi connectivity index (χ0n) is 10.8. The van der Waals surface area contributed by atoms with Crippen molar-refractivity contribution in [3.63, 3.8) is 0 Å². The summed E-state index contributed by atoms with van der Waals surface area (Å²) in [6, 6.07) is 3.86. The lowest BCUT2D eigenvalue weighted by Crippen LogP contribution is -2.36. The van der Waals surface area contributed by atoms with Gasteiger partial charge in [-0.2, -0.15) is 0 Å². The van der Waals surface area contributed by atoms with Crippen molar-refractivity contribution in [3.05, 3.63) is 27.7 Å². The fourth-order valence-electron chi connectivity index (χ4n) is 2.28. The number of amides is 1. The Bertz CT molecular complexity index is 531. The molecule has 1 amide bonds. The molecule has 1 aliphatic rings. The van der Waals surface area contributed by atoms with Crippen molar-refractivity contribution in [1.82, 2.24) is 4.90 Å². The summed E-state index contributed by atoms with van der Waals surface area (Å²) in [5.74, 6) is -0.773. The highest BCUT2D eigenvalue weighted by Crippen LogP contribution is 2.33. The summed E-state index contributed by atoms with van der Waals surface area (Å²) in [6.07, 6.45) is 0.830.